The number of halogens is 1. The van der Waals surface area contributed by atoms with Crippen LogP contribution in [0.1, 0.15) is 37.6 Å². The van der Waals surface area contributed by atoms with Gasteiger partial charge in [0.2, 0.25) is 0 Å². The van der Waals surface area contributed by atoms with Gasteiger partial charge in [-0.15, -0.1) is 0 Å². The molecule has 0 aliphatic carbocycles. The first-order valence-electron chi connectivity index (χ1n) is 6.41. The van der Waals surface area contributed by atoms with Crippen molar-refractivity contribution in [2.45, 2.75) is 33.2 Å². The van der Waals surface area contributed by atoms with Crippen LogP contribution in [-0.4, -0.2) is 28.4 Å². The number of carbonyl (C=O) groups excluding carboxylic acids is 1. The molecule has 1 saturated heterocycles. The molecule has 0 saturated carbocycles. The molecule has 1 amide bonds. The summed E-state index contributed by atoms with van der Waals surface area (Å²) in [6.45, 7) is 7.30. The molecule has 3 unspecified atom stereocenters. The summed E-state index contributed by atoms with van der Waals surface area (Å²) in [4.78, 5) is 18.4. The average molecular weight is 267 g/mol. The van der Waals surface area contributed by atoms with Gasteiger partial charge in [0, 0.05) is 25.0 Å². The number of hydrogen-bond donors (Lipinski definition) is 0. The first-order chi connectivity index (χ1) is 8.50. The summed E-state index contributed by atoms with van der Waals surface area (Å²) in [5, 5.41) is 0.480. The Morgan fingerprint density at radius 1 is 1.44 bits per heavy atom. The van der Waals surface area contributed by atoms with Gasteiger partial charge < -0.3 is 4.90 Å². The predicted octanol–water partition coefficient (Wildman–Crippen LogP) is 3.24. The Hall–Kier alpha value is -1.09. The fraction of sp³-hybridized carbons (Fsp3) is 0.571. The number of carbonyl (C=O) groups is 1. The van der Waals surface area contributed by atoms with Gasteiger partial charge in [-0.25, -0.2) is 0 Å². The molecular weight excluding hydrogens is 248 g/mol. The Balaban J connectivity index is 2.25. The van der Waals surface area contributed by atoms with E-state index in [9.17, 15) is 4.79 Å². The minimum Gasteiger partial charge on any atom is -0.335 e. The van der Waals surface area contributed by atoms with Crippen LogP contribution in [0.3, 0.4) is 0 Å². The van der Waals surface area contributed by atoms with Gasteiger partial charge in [0.15, 0.2) is 0 Å². The van der Waals surface area contributed by atoms with Crippen LogP contribution in [0.4, 0.5) is 0 Å². The number of hydrogen-bond acceptors (Lipinski definition) is 2. The molecule has 4 heteroatoms. The van der Waals surface area contributed by atoms with Crippen molar-refractivity contribution in [1.82, 2.24) is 9.88 Å². The van der Waals surface area contributed by atoms with Crippen LogP contribution in [-0.2, 0) is 0 Å². The Labute approximate surface area is 113 Å². The smallest absolute Gasteiger partial charge is 0.257 e. The average Bonchev–Trinajstić information content (AvgIpc) is 2.33. The lowest BCUT2D eigenvalue weighted by molar-refractivity contribution is 0.0455. The second-order valence-corrected chi connectivity index (χ2v) is 5.78. The van der Waals surface area contributed by atoms with Crippen molar-refractivity contribution in [3.8, 4) is 0 Å². The zero-order chi connectivity index (χ0) is 13.3. The lowest BCUT2D eigenvalue weighted by atomic mass is 9.85. The van der Waals surface area contributed by atoms with Crippen LogP contribution in [0.2, 0.25) is 5.02 Å². The number of nitrogens with zero attached hydrogens (tertiary/aromatic N) is 2. The number of amides is 1. The quantitative estimate of drug-likeness (QED) is 0.782. The zero-order valence-electron chi connectivity index (χ0n) is 11.1. The SMILES string of the molecule is CC1CC(C)C(C)N(C(=O)c2cnccc2Cl)C1. The summed E-state index contributed by atoms with van der Waals surface area (Å²) in [6, 6.07) is 1.92. The number of likely N-dealkylation sites (tertiary alicyclic amines) is 1. The van der Waals surface area contributed by atoms with E-state index in [4.69, 9.17) is 11.6 Å². The fourth-order valence-electron chi connectivity index (χ4n) is 2.67. The molecule has 3 atom stereocenters. The van der Waals surface area contributed by atoms with E-state index in [2.05, 4.69) is 25.8 Å². The molecule has 0 bridgehead atoms. The Morgan fingerprint density at radius 2 is 2.17 bits per heavy atom. The van der Waals surface area contributed by atoms with Gasteiger partial charge in [-0.2, -0.15) is 0 Å². The largest absolute Gasteiger partial charge is 0.335 e. The standard InChI is InChI=1S/C14H19ClN2O/c1-9-6-10(2)11(3)17(8-9)14(18)12-7-16-5-4-13(12)15/h4-5,7,9-11H,6,8H2,1-3H3. The van der Waals surface area contributed by atoms with E-state index < -0.39 is 0 Å². The molecule has 18 heavy (non-hydrogen) atoms. The van der Waals surface area contributed by atoms with Crippen molar-refractivity contribution in [3.63, 3.8) is 0 Å². The minimum absolute atomic E-state index is 0.000926. The molecule has 2 heterocycles. The third-order valence-electron chi connectivity index (χ3n) is 3.86. The van der Waals surface area contributed by atoms with E-state index in [1.165, 1.54) is 6.42 Å². The van der Waals surface area contributed by atoms with Crippen molar-refractivity contribution in [2.24, 2.45) is 11.8 Å². The lowest BCUT2D eigenvalue weighted by Crippen LogP contribution is -2.48. The monoisotopic (exact) mass is 266 g/mol. The highest BCUT2D eigenvalue weighted by Gasteiger charge is 2.33. The molecule has 1 aromatic rings. The highest BCUT2D eigenvalue weighted by Crippen LogP contribution is 2.29. The molecule has 0 N–H and O–H groups in total. The molecule has 1 aliphatic rings. The van der Waals surface area contributed by atoms with Gasteiger partial charge in [0.1, 0.15) is 0 Å². The summed E-state index contributed by atoms with van der Waals surface area (Å²) in [7, 11) is 0. The van der Waals surface area contributed by atoms with Crippen LogP contribution in [0, 0.1) is 11.8 Å². The van der Waals surface area contributed by atoms with E-state index in [1.54, 1.807) is 18.5 Å². The summed E-state index contributed by atoms with van der Waals surface area (Å²) in [6.07, 6.45) is 4.33. The minimum atomic E-state index is -0.000926. The number of rotatable bonds is 1. The molecule has 1 aliphatic heterocycles. The third-order valence-corrected chi connectivity index (χ3v) is 4.19. The summed E-state index contributed by atoms with van der Waals surface area (Å²) < 4.78 is 0. The number of piperidine rings is 1. The maximum Gasteiger partial charge on any atom is 0.257 e. The van der Waals surface area contributed by atoms with Gasteiger partial charge in [0.05, 0.1) is 10.6 Å². The first kappa shape index (κ1) is 13.3. The summed E-state index contributed by atoms with van der Waals surface area (Å²) in [5.74, 6) is 1.06. The molecule has 0 radical (unpaired) electrons. The molecule has 0 spiro atoms. The highest BCUT2D eigenvalue weighted by molar-refractivity contribution is 6.33. The highest BCUT2D eigenvalue weighted by atomic mass is 35.5. The van der Waals surface area contributed by atoms with Crippen molar-refractivity contribution < 1.29 is 4.79 Å². The van der Waals surface area contributed by atoms with E-state index in [-0.39, 0.29) is 11.9 Å². The van der Waals surface area contributed by atoms with Gasteiger partial charge >= 0.3 is 0 Å². The van der Waals surface area contributed by atoms with Crippen LogP contribution < -0.4 is 0 Å². The number of aromatic nitrogens is 1. The van der Waals surface area contributed by atoms with Gasteiger partial charge in [-0.05, 0) is 31.2 Å². The van der Waals surface area contributed by atoms with Gasteiger partial charge in [0.25, 0.3) is 5.91 Å². The second-order valence-electron chi connectivity index (χ2n) is 5.37. The van der Waals surface area contributed by atoms with Crippen molar-refractivity contribution >= 4 is 17.5 Å². The summed E-state index contributed by atoms with van der Waals surface area (Å²) in [5.41, 5.74) is 0.507. The van der Waals surface area contributed by atoms with E-state index >= 15 is 0 Å². The molecule has 1 aromatic heterocycles. The van der Waals surface area contributed by atoms with E-state index in [0.29, 0.717) is 22.4 Å². The summed E-state index contributed by atoms with van der Waals surface area (Å²) >= 11 is 6.07. The molecule has 98 valence electrons. The Bertz CT molecular complexity index is 449. The molecule has 3 nitrogen and oxygen atoms in total. The van der Waals surface area contributed by atoms with Crippen LogP contribution in [0.15, 0.2) is 18.5 Å². The predicted molar refractivity (Wildman–Crippen MR) is 72.7 cm³/mol. The van der Waals surface area contributed by atoms with Crippen LogP contribution >= 0.6 is 11.6 Å². The maximum atomic E-state index is 12.5. The zero-order valence-corrected chi connectivity index (χ0v) is 11.8. The molecular formula is C14H19ClN2O. The molecule has 2 rings (SSSR count). The van der Waals surface area contributed by atoms with Crippen molar-refractivity contribution in [1.29, 1.82) is 0 Å². The Kier molecular flexibility index (Phi) is 3.91. The lowest BCUT2D eigenvalue weighted by Gasteiger charge is -2.41. The van der Waals surface area contributed by atoms with E-state index in [0.717, 1.165) is 6.54 Å². The first-order valence-corrected chi connectivity index (χ1v) is 6.79. The van der Waals surface area contributed by atoms with Gasteiger partial charge in [-0.3, -0.25) is 9.78 Å². The topological polar surface area (TPSA) is 33.2 Å². The number of pyridine rings is 1. The van der Waals surface area contributed by atoms with Crippen LogP contribution in [0.5, 0.6) is 0 Å². The Morgan fingerprint density at radius 3 is 2.83 bits per heavy atom. The normalized spacial score (nSPS) is 28.2. The van der Waals surface area contributed by atoms with Crippen LogP contribution in [0.25, 0.3) is 0 Å². The van der Waals surface area contributed by atoms with Crippen molar-refractivity contribution in [3.05, 3.63) is 29.0 Å². The van der Waals surface area contributed by atoms with E-state index in [1.807, 2.05) is 4.90 Å². The van der Waals surface area contributed by atoms with Crippen molar-refractivity contribution in [2.75, 3.05) is 6.54 Å². The maximum absolute atomic E-state index is 12.5. The second kappa shape index (κ2) is 5.27. The third kappa shape index (κ3) is 2.51. The fourth-order valence-corrected chi connectivity index (χ4v) is 2.86. The van der Waals surface area contributed by atoms with Gasteiger partial charge in [-0.1, -0.05) is 25.4 Å². The molecule has 1 fully saturated rings. The molecule has 0 aromatic carbocycles.